The molecule has 124 valence electrons. The molecular formula is C18H16Cl2N2O2. The van der Waals surface area contributed by atoms with Gasteiger partial charge in [-0.1, -0.05) is 29.3 Å². The summed E-state index contributed by atoms with van der Waals surface area (Å²) in [7, 11) is 0. The number of aromatic nitrogens is 2. The van der Waals surface area contributed by atoms with Gasteiger partial charge in [0.1, 0.15) is 0 Å². The second-order valence-corrected chi connectivity index (χ2v) is 6.23. The molecule has 0 saturated carbocycles. The predicted octanol–water partition coefficient (Wildman–Crippen LogP) is 5.25. The van der Waals surface area contributed by atoms with Crippen LogP contribution in [0.2, 0.25) is 10.0 Å². The Morgan fingerprint density at radius 1 is 1.29 bits per heavy atom. The fourth-order valence-corrected chi connectivity index (χ4v) is 3.26. The van der Waals surface area contributed by atoms with Crippen LogP contribution in [0.4, 0.5) is 4.79 Å². The second-order valence-electron chi connectivity index (χ2n) is 5.38. The van der Waals surface area contributed by atoms with Crippen molar-refractivity contribution in [2.75, 3.05) is 6.61 Å². The van der Waals surface area contributed by atoms with Gasteiger partial charge in [-0.25, -0.2) is 9.36 Å². The number of hydrogen-bond donors (Lipinski definition) is 0. The van der Waals surface area contributed by atoms with Crippen LogP contribution in [0.3, 0.4) is 0 Å². The van der Waals surface area contributed by atoms with Crippen LogP contribution in [0, 0.1) is 6.92 Å². The molecule has 6 heteroatoms. The van der Waals surface area contributed by atoms with E-state index in [0.717, 1.165) is 27.9 Å². The van der Waals surface area contributed by atoms with E-state index in [9.17, 15) is 4.79 Å². The molecule has 3 aromatic rings. The zero-order chi connectivity index (χ0) is 17.3. The molecule has 0 N–H and O–H groups in total. The van der Waals surface area contributed by atoms with Crippen LogP contribution in [0.5, 0.6) is 0 Å². The number of halogens is 2. The van der Waals surface area contributed by atoms with E-state index >= 15 is 0 Å². The highest BCUT2D eigenvalue weighted by Crippen LogP contribution is 2.30. The minimum atomic E-state index is -0.401. The Kier molecular flexibility index (Phi) is 4.78. The predicted molar refractivity (Wildman–Crippen MR) is 96.2 cm³/mol. The van der Waals surface area contributed by atoms with Gasteiger partial charge >= 0.3 is 6.09 Å². The van der Waals surface area contributed by atoms with Gasteiger partial charge in [-0.05, 0) is 43.7 Å². The number of pyridine rings is 1. The highest BCUT2D eigenvalue weighted by atomic mass is 35.5. The van der Waals surface area contributed by atoms with Crippen LogP contribution in [0.1, 0.15) is 23.7 Å². The molecule has 0 fully saturated rings. The molecule has 0 amide bonds. The Morgan fingerprint density at radius 3 is 2.79 bits per heavy atom. The quantitative estimate of drug-likeness (QED) is 0.639. The van der Waals surface area contributed by atoms with E-state index in [1.54, 1.807) is 35.9 Å². The van der Waals surface area contributed by atoms with Crippen LogP contribution < -0.4 is 0 Å². The highest BCUT2D eigenvalue weighted by Gasteiger charge is 2.20. The van der Waals surface area contributed by atoms with Gasteiger partial charge in [0.15, 0.2) is 0 Å². The fourth-order valence-electron chi connectivity index (χ4n) is 2.79. The number of benzene rings is 1. The van der Waals surface area contributed by atoms with Crippen molar-refractivity contribution in [1.29, 1.82) is 0 Å². The molecule has 4 nitrogen and oxygen atoms in total. The third-order valence-electron chi connectivity index (χ3n) is 3.92. The molecule has 24 heavy (non-hydrogen) atoms. The van der Waals surface area contributed by atoms with Crippen LogP contribution in [-0.2, 0) is 11.2 Å². The molecule has 2 heterocycles. The SMILES string of the molecule is CCOC(=O)n1c(C)c(Cc2ccc(Cl)cc2Cl)c2ncccc21. The van der Waals surface area contributed by atoms with Gasteiger partial charge < -0.3 is 4.74 Å². The molecule has 0 spiro atoms. The molecular weight excluding hydrogens is 347 g/mol. The van der Waals surface area contributed by atoms with Crippen LogP contribution in [0.25, 0.3) is 11.0 Å². The van der Waals surface area contributed by atoms with E-state index in [1.165, 1.54) is 0 Å². The molecule has 0 aliphatic rings. The maximum absolute atomic E-state index is 12.3. The first-order valence-electron chi connectivity index (χ1n) is 7.59. The lowest BCUT2D eigenvalue weighted by molar-refractivity contribution is 0.154. The summed E-state index contributed by atoms with van der Waals surface area (Å²) in [6, 6.07) is 9.07. The summed E-state index contributed by atoms with van der Waals surface area (Å²) in [6.45, 7) is 3.99. The number of hydrogen-bond acceptors (Lipinski definition) is 3. The monoisotopic (exact) mass is 362 g/mol. The summed E-state index contributed by atoms with van der Waals surface area (Å²) in [6.07, 6.45) is 1.87. The summed E-state index contributed by atoms with van der Waals surface area (Å²) in [4.78, 5) is 16.8. The number of ether oxygens (including phenoxy) is 1. The summed E-state index contributed by atoms with van der Waals surface area (Å²) < 4.78 is 6.73. The highest BCUT2D eigenvalue weighted by molar-refractivity contribution is 6.35. The van der Waals surface area contributed by atoms with Crippen molar-refractivity contribution in [3.8, 4) is 0 Å². The van der Waals surface area contributed by atoms with Crippen molar-refractivity contribution in [3.05, 3.63) is 63.4 Å². The summed E-state index contributed by atoms with van der Waals surface area (Å²) in [5.74, 6) is 0. The van der Waals surface area contributed by atoms with Crippen molar-refractivity contribution in [2.24, 2.45) is 0 Å². The molecule has 0 saturated heterocycles. The van der Waals surface area contributed by atoms with Gasteiger partial charge in [0.25, 0.3) is 0 Å². The molecule has 0 radical (unpaired) electrons. The molecule has 0 aliphatic heterocycles. The Morgan fingerprint density at radius 2 is 2.08 bits per heavy atom. The Labute approximate surface area is 150 Å². The number of carbonyl (C=O) groups is 1. The van der Waals surface area contributed by atoms with E-state index in [-0.39, 0.29) is 0 Å². The Bertz CT molecular complexity index is 919. The van der Waals surface area contributed by atoms with Crippen LogP contribution >= 0.6 is 23.2 Å². The third-order valence-corrected chi connectivity index (χ3v) is 4.50. The summed E-state index contributed by atoms with van der Waals surface area (Å²) in [5.41, 5.74) is 4.18. The van der Waals surface area contributed by atoms with Crippen LogP contribution in [-0.4, -0.2) is 22.3 Å². The lowest BCUT2D eigenvalue weighted by Gasteiger charge is -2.08. The average Bonchev–Trinajstić information content (AvgIpc) is 2.82. The molecule has 0 atom stereocenters. The normalized spacial score (nSPS) is 11.0. The largest absolute Gasteiger partial charge is 0.449 e. The van der Waals surface area contributed by atoms with Gasteiger partial charge in [-0.3, -0.25) is 4.98 Å². The molecule has 1 aromatic carbocycles. The topological polar surface area (TPSA) is 44.1 Å². The van der Waals surface area contributed by atoms with E-state index in [0.29, 0.717) is 23.1 Å². The molecule has 3 rings (SSSR count). The number of fused-ring (bicyclic) bond motifs is 1. The van der Waals surface area contributed by atoms with Crippen molar-refractivity contribution >= 4 is 40.3 Å². The van der Waals surface area contributed by atoms with E-state index < -0.39 is 6.09 Å². The van der Waals surface area contributed by atoms with Crippen molar-refractivity contribution in [3.63, 3.8) is 0 Å². The van der Waals surface area contributed by atoms with Crippen molar-refractivity contribution in [1.82, 2.24) is 9.55 Å². The second kappa shape index (κ2) is 6.83. The van der Waals surface area contributed by atoms with E-state index in [1.807, 2.05) is 19.1 Å². The Hall–Kier alpha value is -2.04. The van der Waals surface area contributed by atoms with Gasteiger partial charge in [0.2, 0.25) is 0 Å². The zero-order valence-electron chi connectivity index (χ0n) is 13.3. The maximum Gasteiger partial charge on any atom is 0.418 e. The van der Waals surface area contributed by atoms with Crippen molar-refractivity contribution < 1.29 is 9.53 Å². The first kappa shape index (κ1) is 16.8. The van der Waals surface area contributed by atoms with Crippen molar-refractivity contribution in [2.45, 2.75) is 20.3 Å². The molecule has 0 aliphatic carbocycles. The van der Waals surface area contributed by atoms with Crippen LogP contribution in [0.15, 0.2) is 36.5 Å². The number of rotatable bonds is 3. The molecule has 2 aromatic heterocycles. The minimum absolute atomic E-state index is 0.316. The van der Waals surface area contributed by atoms with Gasteiger partial charge in [-0.15, -0.1) is 0 Å². The Balaban J connectivity index is 2.14. The molecule has 0 bridgehead atoms. The minimum Gasteiger partial charge on any atom is -0.449 e. The maximum atomic E-state index is 12.3. The number of nitrogens with zero attached hydrogens (tertiary/aromatic N) is 2. The first-order chi connectivity index (χ1) is 11.5. The van der Waals surface area contributed by atoms with Gasteiger partial charge in [0, 0.05) is 33.9 Å². The van der Waals surface area contributed by atoms with Gasteiger partial charge in [-0.2, -0.15) is 0 Å². The van der Waals surface area contributed by atoms with Gasteiger partial charge in [0.05, 0.1) is 17.6 Å². The van der Waals surface area contributed by atoms with E-state index in [2.05, 4.69) is 4.98 Å². The standard InChI is InChI=1S/C18H16Cl2N2O2/c1-3-24-18(23)22-11(2)14(17-16(22)5-4-8-21-17)9-12-6-7-13(19)10-15(12)20/h4-8,10H,3,9H2,1-2H3. The smallest absolute Gasteiger partial charge is 0.418 e. The fraction of sp³-hybridized carbons (Fsp3) is 0.222. The number of carbonyl (C=O) groups excluding carboxylic acids is 1. The molecule has 0 unspecified atom stereocenters. The summed E-state index contributed by atoms with van der Waals surface area (Å²) in [5, 5.41) is 1.18. The lowest BCUT2D eigenvalue weighted by atomic mass is 10.0. The average molecular weight is 363 g/mol. The third kappa shape index (κ3) is 2.99. The first-order valence-corrected chi connectivity index (χ1v) is 8.34. The van der Waals surface area contributed by atoms with E-state index in [4.69, 9.17) is 27.9 Å². The zero-order valence-corrected chi connectivity index (χ0v) is 14.9. The lowest BCUT2D eigenvalue weighted by Crippen LogP contribution is -2.15. The summed E-state index contributed by atoms with van der Waals surface area (Å²) >= 11 is 12.3.